The van der Waals surface area contributed by atoms with Crippen molar-refractivity contribution in [3.05, 3.63) is 22.4 Å². The summed E-state index contributed by atoms with van der Waals surface area (Å²) in [4.78, 5) is 2.64. The van der Waals surface area contributed by atoms with Gasteiger partial charge in [-0.1, -0.05) is 6.42 Å². The van der Waals surface area contributed by atoms with Crippen molar-refractivity contribution in [3.8, 4) is 0 Å². The molecule has 3 rings (SSSR count). The quantitative estimate of drug-likeness (QED) is 0.894. The van der Waals surface area contributed by atoms with Crippen LogP contribution >= 0.6 is 11.3 Å². The summed E-state index contributed by atoms with van der Waals surface area (Å²) in [6.07, 6.45) is 4.33. The molecule has 4 unspecified atom stereocenters. The van der Waals surface area contributed by atoms with Crippen LogP contribution in [-0.2, 0) is 0 Å². The molecule has 4 atom stereocenters. The third kappa shape index (κ3) is 2.16. The lowest BCUT2D eigenvalue weighted by molar-refractivity contribution is 0.203. The minimum atomic E-state index is 0.225. The topological polar surface area (TPSA) is 29.3 Å². The summed E-state index contributed by atoms with van der Waals surface area (Å²) in [6.45, 7) is 4.69. The van der Waals surface area contributed by atoms with Gasteiger partial charge in [0.15, 0.2) is 0 Å². The Morgan fingerprint density at radius 3 is 2.59 bits per heavy atom. The zero-order chi connectivity index (χ0) is 11.8. The first kappa shape index (κ1) is 11.7. The number of rotatable bonds is 3. The highest BCUT2D eigenvalue weighted by atomic mass is 32.1. The molecule has 2 aliphatic rings. The highest BCUT2D eigenvalue weighted by Gasteiger charge is 2.39. The number of likely N-dealkylation sites (tertiary alicyclic amines) is 1. The highest BCUT2D eigenvalue weighted by molar-refractivity contribution is 7.07. The van der Waals surface area contributed by atoms with Crippen molar-refractivity contribution in [3.63, 3.8) is 0 Å². The molecule has 2 nitrogen and oxygen atoms in total. The summed E-state index contributed by atoms with van der Waals surface area (Å²) < 4.78 is 0. The summed E-state index contributed by atoms with van der Waals surface area (Å²) in [6, 6.07) is 2.91. The maximum atomic E-state index is 6.22. The summed E-state index contributed by atoms with van der Waals surface area (Å²) in [5.74, 6) is 1.91. The molecular weight excluding hydrogens is 228 g/mol. The van der Waals surface area contributed by atoms with Crippen LogP contribution in [0.3, 0.4) is 0 Å². The van der Waals surface area contributed by atoms with Crippen LogP contribution in [0.25, 0.3) is 0 Å². The predicted molar refractivity (Wildman–Crippen MR) is 73.1 cm³/mol. The number of fused-ring (bicyclic) bond motifs is 1. The second-order valence-electron chi connectivity index (χ2n) is 5.77. The molecule has 2 N–H and O–H groups in total. The second kappa shape index (κ2) is 4.71. The van der Waals surface area contributed by atoms with Gasteiger partial charge in [-0.3, -0.25) is 4.90 Å². The monoisotopic (exact) mass is 250 g/mol. The molecule has 0 aromatic carbocycles. The molecule has 1 aromatic heterocycles. The Morgan fingerprint density at radius 2 is 2.06 bits per heavy atom. The Bertz CT molecular complexity index is 348. The van der Waals surface area contributed by atoms with Crippen molar-refractivity contribution >= 4 is 11.3 Å². The van der Waals surface area contributed by atoms with E-state index < -0.39 is 0 Å². The normalized spacial score (nSPS) is 32.6. The van der Waals surface area contributed by atoms with E-state index in [-0.39, 0.29) is 6.04 Å². The number of nitrogens with two attached hydrogens (primary N) is 1. The van der Waals surface area contributed by atoms with Gasteiger partial charge in [-0.15, -0.1) is 0 Å². The summed E-state index contributed by atoms with van der Waals surface area (Å²) in [7, 11) is 0. The van der Waals surface area contributed by atoms with Crippen LogP contribution in [0.15, 0.2) is 16.8 Å². The van der Waals surface area contributed by atoms with Gasteiger partial charge >= 0.3 is 0 Å². The third-order valence-electron chi connectivity index (χ3n) is 4.53. The smallest absolute Gasteiger partial charge is 0.0504 e. The van der Waals surface area contributed by atoms with Crippen molar-refractivity contribution in [2.24, 2.45) is 17.6 Å². The van der Waals surface area contributed by atoms with E-state index in [1.54, 1.807) is 11.3 Å². The van der Waals surface area contributed by atoms with E-state index in [9.17, 15) is 0 Å². The van der Waals surface area contributed by atoms with Crippen molar-refractivity contribution in [2.45, 2.75) is 38.3 Å². The zero-order valence-electron chi connectivity index (χ0n) is 10.5. The highest BCUT2D eigenvalue weighted by Crippen LogP contribution is 2.41. The zero-order valence-corrected chi connectivity index (χ0v) is 11.3. The van der Waals surface area contributed by atoms with Crippen LogP contribution in [0, 0.1) is 11.8 Å². The van der Waals surface area contributed by atoms with Gasteiger partial charge in [0, 0.05) is 19.1 Å². The van der Waals surface area contributed by atoms with E-state index in [2.05, 4.69) is 28.7 Å². The number of thiophene rings is 1. The van der Waals surface area contributed by atoms with E-state index in [1.807, 2.05) is 0 Å². The maximum Gasteiger partial charge on any atom is 0.0504 e. The molecule has 1 aliphatic carbocycles. The van der Waals surface area contributed by atoms with Gasteiger partial charge in [0.25, 0.3) is 0 Å². The Balaban J connectivity index is 1.77. The number of hydrogen-bond acceptors (Lipinski definition) is 3. The number of hydrogen-bond donors (Lipinski definition) is 1. The summed E-state index contributed by atoms with van der Waals surface area (Å²) in [5.41, 5.74) is 7.64. The minimum absolute atomic E-state index is 0.225. The average molecular weight is 250 g/mol. The lowest BCUT2D eigenvalue weighted by Gasteiger charge is -2.31. The van der Waals surface area contributed by atoms with Crippen molar-refractivity contribution in [2.75, 3.05) is 13.1 Å². The first-order chi connectivity index (χ1) is 8.25. The van der Waals surface area contributed by atoms with Gasteiger partial charge in [0.1, 0.15) is 0 Å². The lowest BCUT2D eigenvalue weighted by atomic mass is 10.0. The SMILES string of the molecule is CC(N)C(c1ccsc1)N1CC2CCCC2C1. The largest absolute Gasteiger partial charge is 0.326 e. The van der Waals surface area contributed by atoms with Gasteiger partial charge in [-0.25, -0.2) is 0 Å². The van der Waals surface area contributed by atoms with Crippen LogP contribution in [0.5, 0.6) is 0 Å². The molecule has 1 saturated carbocycles. The molecule has 2 fully saturated rings. The molecule has 1 aromatic rings. The first-order valence-corrected chi connectivity index (χ1v) is 7.71. The van der Waals surface area contributed by atoms with E-state index in [0.29, 0.717) is 6.04 Å². The maximum absolute atomic E-state index is 6.22. The molecule has 3 heteroatoms. The molecule has 0 bridgehead atoms. The van der Waals surface area contributed by atoms with Crippen LogP contribution in [0.1, 0.15) is 37.8 Å². The molecule has 17 heavy (non-hydrogen) atoms. The van der Waals surface area contributed by atoms with Gasteiger partial charge in [0.05, 0.1) is 6.04 Å². The standard InChI is InChI=1S/C14H22N2S/c1-10(15)14(13-5-6-17-9-13)16-7-11-3-2-4-12(11)8-16/h5-6,9-12,14H,2-4,7-8,15H2,1H3. The summed E-state index contributed by atoms with van der Waals surface area (Å²) >= 11 is 1.78. The van der Waals surface area contributed by atoms with E-state index in [1.165, 1.54) is 37.9 Å². The van der Waals surface area contributed by atoms with Gasteiger partial charge in [-0.2, -0.15) is 11.3 Å². The predicted octanol–water partition coefficient (Wildman–Crippen LogP) is 2.87. The fourth-order valence-electron chi connectivity index (χ4n) is 3.79. The Labute approximate surface area is 108 Å². The molecule has 94 valence electrons. The van der Waals surface area contributed by atoms with Crippen molar-refractivity contribution in [1.82, 2.24) is 4.90 Å². The molecule has 0 radical (unpaired) electrons. The minimum Gasteiger partial charge on any atom is -0.326 e. The number of nitrogens with zero attached hydrogens (tertiary/aromatic N) is 1. The molecule has 1 aliphatic heterocycles. The fraction of sp³-hybridized carbons (Fsp3) is 0.714. The molecule has 0 amide bonds. The van der Waals surface area contributed by atoms with Gasteiger partial charge in [0.2, 0.25) is 0 Å². The Morgan fingerprint density at radius 1 is 1.35 bits per heavy atom. The molecular formula is C14H22N2S. The molecule has 0 spiro atoms. The van der Waals surface area contributed by atoms with Gasteiger partial charge in [-0.05, 0) is 54.0 Å². The van der Waals surface area contributed by atoms with E-state index in [0.717, 1.165) is 11.8 Å². The Hall–Kier alpha value is -0.380. The molecule has 2 heterocycles. The molecule has 1 saturated heterocycles. The van der Waals surface area contributed by atoms with Crippen LogP contribution in [-0.4, -0.2) is 24.0 Å². The van der Waals surface area contributed by atoms with Crippen LogP contribution < -0.4 is 5.73 Å². The lowest BCUT2D eigenvalue weighted by Crippen LogP contribution is -2.38. The Kier molecular flexibility index (Phi) is 3.24. The second-order valence-corrected chi connectivity index (χ2v) is 6.55. The van der Waals surface area contributed by atoms with Crippen LogP contribution in [0.2, 0.25) is 0 Å². The average Bonchev–Trinajstić information content (AvgIpc) is 2.91. The van der Waals surface area contributed by atoms with Crippen molar-refractivity contribution < 1.29 is 0 Å². The van der Waals surface area contributed by atoms with Gasteiger partial charge < -0.3 is 5.73 Å². The first-order valence-electron chi connectivity index (χ1n) is 6.77. The van der Waals surface area contributed by atoms with Crippen molar-refractivity contribution in [1.29, 1.82) is 0 Å². The van der Waals surface area contributed by atoms with E-state index in [4.69, 9.17) is 5.73 Å². The summed E-state index contributed by atoms with van der Waals surface area (Å²) in [5, 5.41) is 4.43. The third-order valence-corrected chi connectivity index (χ3v) is 5.23. The van der Waals surface area contributed by atoms with E-state index >= 15 is 0 Å². The fourth-order valence-corrected chi connectivity index (χ4v) is 4.48. The van der Waals surface area contributed by atoms with Crippen LogP contribution in [0.4, 0.5) is 0 Å².